The summed E-state index contributed by atoms with van der Waals surface area (Å²) in [5.74, 6) is 0.821. The smallest absolute Gasteiger partial charge is 0.351 e. The summed E-state index contributed by atoms with van der Waals surface area (Å²) in [6, 6.07) is 9.20. The summed E-state index contributed by atoms with van der Waals surface area (Å²) in [4.78, 5) is 12.7. The van der Waals surface area contributed by atoms with E-state index >= 15 is 0 Å². The fourth-order valence-electron chi connectivity index (χ4n) is 3.22. The molecule has 0 aliphatic carbocycles. The molecule has 1 aromatic carbocycles. The fourth-order valence-corrected chi connectivity index (χ4v) is 4.31. The summed E-state index contributed by atoms with van der Waals surface area (Å²) in [7, 11) is 0.885. The van der Waals surface area contributed by atoms with E-state index in [-0.39, 0.29) is 10.5 Å². The van der Waals surface area contributed by atoms with Crippen LogP contribution in [0.5, 0.6) is 0 Å². The van der Waals surface area contributed by atoms with Crippen molar-refractivity contribution >= 4 is 58.0 Å². The van der Waals surface area contributed by atoms with E-state index in [0.29, 0.717) is 16.9 Å². The predicted octanol–water partition coefficient (Wildman–Crippen LogP) is 5.67. The largest absolute Gasteiger partial charge is 0.417 e. The molecular formula is C20H16BClF3N3S. The second-order valence-corrected chi connectivity index (χ2v) is 8.26. The highest BCUT2D eigenvalue weighted by Crippen LogP contribution is 2.40. The first-order valence-electron chi connectivity index (χ1n) is 9.13. The molecule has 0 atom stereocenters. The zero-order valence-corrected chi connectivity index (χ0v) is 17.3. The van der Waals surface area contributed by atoms with Gasteiger partial charge in [0.15, 0.2) is 7.28 Å². The number of hydrogen-bond donors (Lipinski definition) is 1. The van der Waals surface area contributed by atoms with Gasteiger partial charge in [-0.05, 0) is 24.0 Å². The Morgan fingerprint density at radius 1 is 1.21 bits per heavy atom. The van der Waals surface area contributed by atoms with Gasteiger partial charge in [0.25, 0.3) is 0 Å². The van der Waals surface area contributed by atoms with Crippen LogP contribution in [0.15, 0.2) is 41.4 Å². The zero-order chi connectivity index (χ0) is 20.8. The Labute approximate surface area is 175 Å². The van der Waals surface area contributed by atoms with E-state index in [1.807, 2.05) is 25.1 Å². The predicted molar refractivity (Wildman–Crippen MR) is 116 cm³/mol. The number of nitrogens with zero attached hydrogens (tertiary/aromatic N) is 2. The highest BCUT2D eigenvalue weighted by Gasteiger charge is 2.32. The summed E-state index contributed by atoms with van der Waals surface area (Å²) < 4.78 is 39.2. The average Bonchev–Trinajstić information content (AvgIpc) is 3.02. The van der Waals surface area contributed by atoms with Crippen LogP contribution in [-0.4, -0.2) is 28.0 Å². The van der Waals surface area contributed by atoms with Crippen LogP contribution >= 0.6 is 23.4 Å². The highest BCUT2D eigenvalue weighted by atomic mass is 35.5. The Bertz CT molecular complexity index is 1220. The first-order valence-corrected chi connectivity index (χ1v) is 10.5. The lowest BCUT2D eigenvalue weighted by molar-refractivity contribution is -0.137. The van der Waals surface area contributed by atoms with Gasteiger partial charge in [0.1, 0.15) is 11.2 Å². The minimum absolute atomic E-state index is 0.233. The maximum Gasteiger partial charge on any atom is 0.417 e. The van der Waals surface area contributed by atoms with Crippen molar-refractivity contribution in [1.82, 2.24) is 15.0 Å². The Balaban J connectivity index is 1.95. The van der Waals surface area contributed by atoms with Crippen molar-refractivity contribution in [2.75, 3.05) is 5.75 Å². The van der Waals surface area contributed by atoms with Crippen LogP contribution in [0, 0.1) is 0 Å². The molecule has 0 saturated carbocycles. The molecule has 0 unspecified atom stereocenters. The first-order chi connectivity index (χ1) is 13.8. The highest BCUT2D eigenvalue weighted by molar-refractivity contribution is 7.99. The van der Waals surface area contributed by atoms with Crippen LogP contribution in [0.3, 0.4) is 0 Å². The number of benzene rings is 1. The van der Waals surface area contributed by atoms with Crippen molar-refractivity contribution in [1.29, 1.82) is 0 Å². The molecule has 0 amide bonds. The third kappa shape index (κ3) is 3.71. The maximum atomic E-state index is 13.1. The van der Waals surface area contributed by atoms with Gasteiger partial charge in [0, 0.05) is 16.5 Å². The van der Waals surface area contributed by atoms with Crippen LogP contribution in [0.1, 0.15) is 12.5 Å². The molecule has 0 saturated heterocycles. The van der Waals surface area contributed by atoms with Crippen molar-refractivity contribution < 1.29 is 13.2 Å². The number of alkyl halides is 3. The van der Waals surface area contributed by atoms with E-state index in [0.717, 1.165) is 46.6 Å². The molecule has 0 aliphatic rings. The lowest BCUT2D eigenvalue weighted by Crippen LogP contribution is -2.09. The minimum atomic E-state index is -4.47. The number of rotatable bonds is 4. The molecule has 3 aromatic heterocycles. The van der Waals surface area contributed by atoms with Gasteiger partial charge in [-0.1, -0.05) is 42.9 Å². The van der Waals surface area contributed by atoms with Gasteiger partial charge in [0.2, 0.25) is 0 Å². The molecule has 0 fully saturated rings. The molecule has 3 heterocycles. The quantitative estimate of drug-likeness (QED) is 0.333. The fraction of sp³-hybridized carbons (Fsp3) is 0.200. The zero-order valence-electron chi connectivity index (χ0n) is 15.7. The van der Waals surface area contributed by atoms with Gasteiger partial charge in [0.05, 0.1) is 27.3 Å². The van der Waals surface area contributed by atoms with Crippen molar-refractivity contribution in [2.24, 2.45) is 0 Å². The normalized spacial score (nSPS) is 12.1. The number of halogens is 4. The molecule has 29 heavy (non-hydrogen) atoms. The van der Waals surface area contributed by atoms with Crippen molar-refractivity contribution in [3.05, 3.63) is 47.1 Å². The molecule has 4 aromatic rings. The molecule has 4 rings (SSSR count). The topological polar surface area (TPSA) is 41.6 Å². The van der Waals surface area contributed by atoms with Crippen LogP contribution in [0.2, 0.25) is 11.8 Å². The van der Waals surface area contributed by atoms with E-state index in [1.165, 1.54) is 0 Å². The van der Waals surface area contributed by atoms with Crippen LogP contribution in [-0.2, 0) is 6.18 Å². The molecule has 9 heteroatoms. The standard InChI is InChI=1S/C20H16BClF3N3S/c1-3-29-15-6-10-4-5-12(21-2)8-13(10)27-18(15)19-16(22)17-14(28-19)7-11(9-26-17)20(23,24)25/h4-9,21,28H,3H2,1-2H3. The molecule has 3 nitrogen and oxygen atoms in total. The average molecular weight is 434 g/mol. The van der Waals surface area contributed by atoms with E-state index < -0.39 is 11.7 Å². The van der Waals surface area contributed by atoms with Crippen LogP contribution in [0.4, 0.5) is 13.2 Å². The van der Waals surface area contributed by atoms with Crippen molar-refractivity contribution in [2.45, 2.75) is 24.8 Å². The van der Waals surface area contributed by atoms with E-state index in [4.69, 9.17) is 16.6 Å². The second kappa shape index (κ2) is 7.57. The number of aromatic nitrogens is 3. The van der Waals surface area contributed by atoms with E-state index in [2.05, 4.69) is 22.9 Å². The summed E-state index contributed by atoms with van der Waals surface area (Å²) in [6.45, 7) is 4.10. The lowest BCUT2D eigenvalue weighted by Gasteiger charge is -2.10. The van der Waals surface area contributed by atoms with Crippen molar-refractivity contribution in [3.63, 3.8) is 0 Å². The first kappa shape index (κ1) is 20.1. The number of fused-ring (bicyclic) bond motifs is 2. The van der Waals surface area contributed by atoms with Gasteiger partial charge in [-0.2, -0.15) is 13.2 Å². The van der Waals surface area contributed by atoms with Gasteiger partial charge >= 0.3 is 6.18 Å². The Hall–Kier alpha value is -2.19. The minimum Gasteiger partial charge on any atom is -0.351 e. The lowest BCUT2D eigenvalue weighted by atomic mass is 9.73. The molecule has 1 N–H and O–H groups in total. The third-order valence-corrected chi connectivity index (χ3v) is 5.97. The van der Waals surface area contributed by atoms with Gasteiger partial charge < -0.3 is 4.98 Å². The number of H-pyrrole nitrogens is 1. The number of nitrogens with one attached hydrogen (secondary N) is 1. The van der Waals surface area contributed by atoms with Crippen molar-refractivity contribution in [3.8, 4) is 11.4 Å². The van der Waals surface area contributed by atoms with E-state index in [9.17, 15) is 13.2 Å². The number of pyridine rings is 2. The summed E-state index contributed by atoms with van der Waals surface area (Å²) in [5.41, 5.74) is 2.78. The number of thioether (sulfide) groups is 1. The van der Waals surface area contributed by atoms with Gasteiger partial charge in [-0.25, -0.2) is 4.98 Å². The molecular weight excluding hydrogens is 418 g/mol. The third-order valence-electron chi connectivity index (χ3n) is 4.69. The molecule has 148 valence electrons. The second-order valence-electron chi connectivity index (χ2n) is 6.58. The molecule has 0 spiro atoms. The number of aromatic amines is 1. The number of hydrogen-bond acceptors (Lipinski definition) is 3. The summed E-state index contributed by atoms with van der Waals surface area (Å²) >= 11 is 8.12. The molecule has 0 bridgehead atoms. The van der Waals surface area contributed by atoms with Gasteiger partial charge in [-0.3, -0.25) is 4.98 Å². The molecule has 0 radical (unpaired) electrons. The monoisotopic (exact) mass is 433 g/mol. The molecule has 0 aliphatic heterocycles. The Morgan fingerprint density at radius 2 is 2.00 bits per heavy atom. The Morgan fingerprint density at radius 3 is 2.69 bits per heavy atom. The van der Waals surface area contributed by atoms with Gasteiger partial charge in [-0.15, -0.1) is 11.8 Å². The maximum absolute atomic E-state index is 13.1. The summed E-state index contributed by atoms with van der Waals surface area (Å²) in [5, 5.41) is 1.27. The SMILES string of the molecule is CBc1ccc2cc(SCC)c(-c3[nH]c4cc(C(F)(F)F)cnc4c3Cl)nc2c1. The van der Waals surface area contributed by atoms with E-state index in [1.54, 1.807) is 11.8 Å². The Kier molecular flexibility index (Phi) is 5.25. The van der Waals surface area contributed by atoms with Crippen LogP contribution in [0.25, 0.3) is 33.3 Å². The summed E-state index contributed by atoms with van der Waals surface area (Å²) in [6.07, 6.45) is -3.67. The van der Waals surface area contributed by atoms with Crippen LogP contribution < -0.4 is 5.46 Å².